The van der Waals surface area contributed by atoms with Crippen molar-refractivity contribution in [3.05, 3.63) is 42.0 Å². The Kier molecular flexibility index (Phi) is 6.15. The number of hydrogen-bond acceptors (Lipinski definition) is 5. The number of nitrogens with one attached hydrogen (secondary N) is 1. The Labute approximate surface area is 217 Å². The normalized spacial score (nSPS) is 20.2. The van der Waals surface area contributed by atoms with Crippen LogP contribution in [0, 0.1) is 11.8 Å². The summed E-state index contributed by atoms with van der Waals surface area (Å²) in [5.41, 5.74) is 4.53. The smallest absolute Gasteiger partial charge is 0.253 e. The lowest BCUT2D eigenvalue weighted by Crippen LogP contribution is -2.51. The Morgan fingerprint density at radius 3 is 2.70 bits per heavy atom. The van der Waals surface area contributed by atoms with Gasteiger partial charge in [-0.2, -0.15) is 4.98 Å². The molecule has 0 bridgehead atoms. The molecular formula is C29H36N6O2. The van der Waals surface area contributed by atoms with Gasteiger partial charge in [0, 0.05) is 49.7 Å². The first kappa shape index (κ1) is 24.0. The van der Waals surface area contributed by atoms with Crippen molar-refractivity contribution in [2.75, 3.05) is 27.2 Å². The molecule has 1 saturated carbocycles. The molecule has 8 heteroatoms. The number of likely N-dealkylation sites (tertiary alicyclic amines) is 1. The van der Waals surface area contributed by atoms with Gasteiger partial charge in [-0.3, -0.25) is 4.79 Å². The van der Waals surface area contributed by atoms with Crippen LogP contribution >= 0.6 is 0 Å². The van der Waals surface area contributed by atoms with Crippen LogP contribution in [0.3, 0.4) is 0 Å². The van der Waals surface area contributed by atoms with Gasteiger partial charge in [-0.25, -0.2) is 4.98 Å². The van der Waals surface area contributed by atoms with Crippen LogP contribution in [0.1, 0.15) is 43.0 Å². The van der Waals surface area contributed by atoms with Crippen LogP contribution in [0.2, 0.25) is 0 Å². The zero-order chi connectivity index (χ0) is 25.7. The Morgan fingerprint density at radius 2 is 1.97 bits per heavy atom. The maximum absolute atomic E-state index is 13.5. The number of benzene rings is 1. The third-order valence-corrected chi connectivity index (χ3v) is 8.36. The third-order valence-electron chi connectivity index (χ3n) is 8.36. The van der Waals surface area contributed by atoms with Gasteiger partial charge >= 0.3 is 0 Å². The topological polar surface area (TPSA) is 77.2 Å². The minimum absolute atomic E-state index is 0.0862. The Balaban J connectivity index is 1.36. The van der Waals surface area contributed by atoms with E-state index < -0.39 is 0 Å². The van der Waals surface area contributed by atoms with E-state index in [4.69, 9.17) is 14.7 Å². The summed E-state index contributed by atoms with van der Waals surface area (Å²) in [6.45, 7) is 4.71. The number of piperidine rings is 1. The quantitative estimate of drug-likeness (QED) is 0.405. The molecule has 194 valence electrons. The maximum atomic E-state index is 13.5. The molecule has 1 amide bonds. The zero-order valence-electron chi connectivity index (χ0n) is 22.2. The van der Waals surface area contributed by atoms with Gasteiger partial charge in [0.15, 0.2) is 5.82 Å². The highest BCUT2D eigenvalue weighted by atomic mass is 16.5. The van der Waals surface area contributed by atoms with E-state index in [-0.39, 0.29) is 5.91 Å². The fourth-order valence-electron chi connectivity index (χ4n) is 5.90. The highest BCUT2D eigenvalue weighted by molar-refractivity contribution is 5.98. The van der Waals surface area contributed by atoms with Crippen LogP contribution in [0.4, 0.5) is 0 Å². The molecule has 3 aromatic heterocycles. The summed E-state index contributed by atoms with van der Waals surface area (Å²) in [6, 6.07) is 12.4. The molecule has 4 heterocycles. The van der Waals surface area contributed by atoms with Crippen molar-refractivity contribution in [1.29, 1.82) is 0 Å². The number of aryl methyl sites for hydroxylation is 1. The first-order valence-corrected chi connectivity index (χ1v) is 13.5. The number of likely N-dealkylation sites (N-methyl/N-ethyl adjacent to an activating group) is 1. The van der Waals surface area contributed by atoms with E-state index in [0.717, 1.165) is 66.1 Å². The van der Waals surface area contributed by atoms with Crippen molar-refractivity contribution in [2.24, 2.45) is 18.9 Å². The monoisotopic (exact) mass is 500 g/mol. The predicted octanol–water partition coefficient (Wildman–Crippen LogP) is 4.47. The van der Waals surface area contributed by atoms with E-state index in [1.165, 1.54) is 12.8 Å². The number of aromatic nitrogens is 4. The second-order valence-corrected chi connectivity index (χ2v) is 10.7. The average Bonchev–Trinajstić information content (AvgIpc) is 3.61. The molecule has 8 nitrogen and oxygen atoms in total. The van der Waals surface area contributed by atoms with Gasteiger partial charge in [-0.05, 0) is 68.5 Å². The van der Waals surface area contributed by atoms with Gasteiger partial charge in [0.2, 0.25) is 5.88 Å². The largest absolute Gasteiger partial charge is 0.481 e. The van der Waals surface area contributed by atoms with Crippen LogP contribution < -0.4 is 10.1 Å². The fraction of sp³-hybridized carbons (Fsp3) is 0.483. The first-order valence-electron chi connectivity index (χ1n) is 13.5. The van der Waals surface area contributed by atoms with Gasteiger partial charge in [-0.15, -0.1) is 0 Å². The lowest BCUT2D eigenvalue weighted by molar-refractivity contribution is 0.0640. The Morgan fingerprint density at radius 1 is 1.14 bits per heavy atom. The Hall–Kier alpha value is -3.39. The van der Waals surface area contributed by atoms with Gasteiger partial charge in [-0.1, -0.05) is 13.3 Å². The molecule has 2 fully saturated rings. The molecule has 1 aliphatic heterocycles. The number of rotatable bonds is 7. The number of carbonyl (C=O) groups excluding carboxylic acids is 1. The van der Waals surface area contributed by atoms with Crippen molar-refractivity contribution >= 4 is 28.0 Å². The van der Waals surface area contributed by atoms with Crippen LogP contribution in [-0.4, -0.2) is 63.2 Å². The second kappa shape index (κ2) is 9.49. The number of nitrogens with zero attached hydrogens (tertiary/aromatic N) is 5. The molecule has 6 rings (SSSR count). The number of fused-ring (bicyclic) bond motifs is 2. The molecule has 2 atom stereocenters. The highest BCUT2D eigenvalue weighted by Gasteiger charge is 2.30. The highest BCUT2D eigenvalue weighted by Crippen LogP contribution is 2.36. The van der Waals surface area contributed by atoms with Crippen molar-refractivity contribution in [2.45, 2.75) is 45.2 Å². The lowest BCUT2D eigenvalue weighted by Gasteiger charge is -2.38. The fourth-order valence-corrected chi connectivity index (χ4v) is 5.90. The molecule has 1 aliphatic carbocycles. The number of imidazole rings is 1. The molecule has 1 saturated heterocycles. The van der Waals surface area contributed by atoms with E-state index in [1.807, 2.05) is 43.3 Å². The van der Waals surface area contributed by atoms with Crippen LogP contribution in [0.25, 0.3) is 33.6 Å². The standard InChI is InChI=1S/C29H36N6O2/c1-5-19-12-13-34(17-23(19)30-2)29(36)21-8-10-24-22(14-21)31-28(33(24)3)25-15-20-9-11-26(37-4)32-27(20)35(25)16-18-6-7-18/h8-11,14-15,18-19,23,30H,5-7,12-13,16-17H2,1-4H3/t19-,23+/m1/s1. The SMILES string of the molecule is CC[C@@H]1CCN(C(=O)c2ccc3c(c2)nc(-c2cc4ccc(OC)nc4n2CC2CC2)n3C)C[C@@H]1NC. The molecule has 0 unspecified atom stereocenters. The van der Waals surface area contributed by atoms with E-state index in [0.29, 0.717) is 29.3 Å². The molecule has 1 N–H and O–H groups in total. The number of hydrogen-bond donors (Lipinski definition) is 1. The number of carbonyl (C=O) groups is 1. The van der Waals surface area contributed by atoms with Gasteiger partial charge in [0.1, 0.15) is 5.65 Å². The van der Waals surface area contributed by atoms with Crippen molar-refractivity contribution in [1.82, 2.24) is 29.3 Å². The first-order chi connectivity index (χ1) is 18.0. The molecule has 1 aromatic carbocycles. The van der Waals surface area contributed by atoms with Gasteiger partial charge < -0.3 is 24.1 Å². The summed E-state index contributed by atoms with van der Waals surface area (Å²) < 4.78 is 9.83. The van der Waals surface area contributed by atoms with Crippen molar-refractivity contribution in [3.63, 3.8) is 0 Å². The summed E-state index contributed by atoms with van der Waals surface area (Å²) in [5.74, 6) is 2.89. The van der Waals surface area contributed by atoms with Crippen molar-refractivity contribution in [3.8, 4) is 17.4 Å². The minimum atomic E-state index is 0.0862. The summed E-state index contributed by atoms with van der Waals surface area (Å²) in [7, 11) is 5.70. The number of ether oxygens (including phenoxy) is 1. The average molecular weight is 501 g/mol. The van der Waals surface area contributed by atoms with Crippen LogP contribution in [0.15, 0.2) is 36.4 Å². The molecule has 37 heavy (non-hydrogen) atoms. The molecule has 2 aliphatic rings. The number of methoxy groups -OCH3 is 1. The van der Waals surface area contributed by atoms with E-state index >= 15 is 0 Å². The van der Waals surface area contributed by atoms with Gasteiger partial charge in [0.25, 0.3) is 5.91 Å². The Bertz CT molecular complexity index is 1470. The summed E-state index contributed by atoms with van der Waals surface area (Å²) >= 11 is 0. The van der Waals surface area contributed by atoms with Gasteiger partial charge in [0.05, 0.1) is 23.8 Å². The van der Waals surface area contributed by atoms with E-state index in [2.05, 4.69) is 33.5 Å². The number of pyridine rings is 1. The second-order valence-electron chi connectivity index (χ2n) is 10.7. The third kappa shape index (κ3) is 4.27. The lowest BCUT2D eigenvalue weighted by atomic mass is 9.89. The summed E-state index contributed by atoms with van der Waals surface area (Å²) in [6.07, 6.45) is 4.67. The summed E-state index contributed by atoms with van der Waals surface area (Å²) in [5, 5.41) is 4.49. The van der Waals surface area contributed by atoms with E-state index in [1.54, 1.807) is 7.11 Å². The molecule has 0 spiro atoms. The zero-order valence-corrected chi connectivity index (χ0v) is 22.2. The molecule has 4 aromatic rings. The maximum Gasteiger partial charge on any atom is 0.253 e. The number of amides is 1. The van der Waals surface area contributed by atoms with Crippen LogP contribution in [-0.2, 0) is 13.6 Å². The molecule has 0 radical (unpaired) electrons. The van der Waals surface area contributed by atoms with E-state index in [9.17, 15) is 4.79 Å². The van der Waals surface area contributed by atoms with Crippen molar-refractivity contribution < 1.29 is 9.53 Å². The van der Waals surface area contributed by atoms with Crippen LogP contribution in [0.5, 0.6) is 5.88 Å². The molecular weight excluding hydrogens is 464 g/mol. The minimum Gasteiger partial charge on any atom is -0.481 e. The summed E-state index contributed by atoms with van der Waals surface area (Å²) in [4.78, 5) is 25.3. The predicted molar refractivity (Wildman–Crippen MR) is 146 cm³/mol.